The molecular weight excluding hydrogens is 698 g/mol. The Hall–Kier alpha value is -4.15. The summed E-state index contributed by atoms with van der Waals surface area (Å²) in [7, 11) is 0. The van der Waals surface area contributed by atoms with Crippen LogP contribution in [-0.2, 0) is 25.6 Å². The topological polar surface area (TPSA) is 115 Å². The number of aryl methyl sites for hydroxylation is 2. The molecule has 0 spiro atoms. The zero-order chi connectivity index (χ0) is 38.2. The zero-order valence-corrected chi connectivity index (χ0v) is 29.3. The average Bonchev–Trinajstić information content (AvgIpc) is 3.30. The summed E-state index contributed by atoms with van der Waals surface area (Å²) < 4.78 is 91.6. The van der Waals surface area contributed by atoms with Gasteiger partial charge in [-0.15, -0.1) is 0 Å². The van der Waals surface area contributed by atoms with Crippen LogP contribution < -0.4 is 0 Å². The van der Waals surface area contributed by atoms with Crippen LogP contribution in [0, 0.1) is 13.8 Å². The predicted molar refractivity (Wildman–Crippen MR) is 177 cm³/mol. The van der Waals surface area contributed by atoms with E-state index in [2.05, 4.69) is 45.3 Å². The third kappa shape index (κ3) is 8.72. The number of likely N-dealkylation sites (tertiary alicyclic amines) is 1. The maximum Gasteiger partial charge on any atom is 0.491 e. The largest absolute Gasteiger partial charge is 0.491 e. The first-order chi connectivity index (χ1) is 24.2. The van der Waals surface area contributed by atoms with Gasteiger partial charge < -0.3 is 19.6 Å². The molecule has 0 aliphatic carbocycles. The van der Waals surface area contributed by atoms with Gasteiger partial charge >= 0.3 is 30.2 Å². The van der Waals surface area contributed by atoms with Crippen LogP contribution in [0.5, 0.6) is 0 Å². The number of carbonyl (C=O) groups excluding carboxylic acids is 3. The lowest BCUT2D eigenvalue weighted by molar-refractivity contribution is -0.308. The molecule has 1 aromatic heterocycles. The van der Waals surface area contributed by atoms with Crippen LogP contribution in [-0.4, -0.2) is 106 Å². The molecule has 0 radical (unpaired) electrons. The highest BCUT2D eigenvalue weighted by Gasteiger charge is 2.58. The molecule has 2 N–H and O–H groups in total. The number of benzene rings is 2. The van der Waals surface area contributed by atoms with E-state index in [1.807, 2.05) is 6.07 Å². The number of hydrogen-bond acceptors (Lipinski definition) is 8. The number of aliphatic hydroxyl groups is 1. The summed E-state index contributed by atoms with van der Waals surface area (Å²) in [5, 5.41) is 11.1. The molecule has 2 aliphatic heterocycles. The molecule has 0 unspecified atom stereocenters. The quantitative estimate of drug-likeness (QED) is 0.166. The van der Waals surface area contributed by atoms with Crippen molar-refractivity contribution < 1.29 is 55.3 Å². The molecule has 0 saturated carbocycles. The Morgan fingerprint density at radius 2 is 1.42 bits per heavy atom. The SMILES string of the molecule is Cc1cccc(C)c1C1CCN(Cc2c(C(=O)N3CCCN(CC(C)(C)O)CC3(OC(=O)C(F)(F)F)OC(=O)C(F)(F)F)[nH]c3ccccc23)CC1. The fourth-order valence-corrected chi connectivity index (χ4v) is 7.37. The van der Waals surface area contributed by atoms with Crippen LogP contribution in [0.2, 0.25) is 0 Å². The number of halogens is 6. The van der Waals surface area contributed by atoms with Crippen LogP contribution in [0.1, 0.15) is 71.8 Å². The van der Waals surface area contributed by atoms with Gasteiger partial charge in [0.05, 0.1) is 12.1 Å². The van der Waals surface area contributed by atoms with Gasteiger partial charge in [-0.05, 0) is 88.7 Å². The van der Waals surface area contributed by atoms with Crippen molar-refractivity contribution in [3.63, 3.8) is 0 Å². The molecule has 2 fully saturated rings. The van der Waals surface area contributed by atoms with Gasteiger partial charge in [-0.3, -0.25) is 19.5 Å². The van der Waals surface area contributed by atoms with E-state index < -0.39 is 54.8 Å². The normalized spacial score (nSPS) is 18.3. The van der Waals surface area contributed by atoms with E-state index in [4.69, 9.17) is 0 Å². The van der Waals surface area contributed by atoms with Crippen molar-refractivity contribution in [3.05, 3.63) is 70.4 Å². The van der Waals surface area contributed by atoms with Gasteiger partial charge in [0.2, 0.25) is 0 Å². The standard InChI is InChI=1S/C36H42F6N4O6/c1-22-9-7-10-23(2)28(22)24-13-17-44(18-14-24)19-26-25-11-5-6-12-27(25)43-29(26)30(47)46-16-8-15-45(20-33(3,4)50)21-34(46,51-31(48)35(37,38)39)52-32(49)36(40,41)42/h5-7,9-12,24,43,50H,8,13-21H2,1-4H3. The number of amides is 1. The van der Waals surface area contributed by atoms with Crippen LogP contribution in [0.15, 0.2) is 42.5 Å². The number of rotatable bonds is 8. The molecule has 0 bridgehead atoms. The first kappa shape index (κ1) is 39.1. The molecule has 1 amide bonds. The highest BCUT2D eigenvalue weighted by Crippen LogP contribution is 2.37. The Labute approximate surface area is 296 Å². The maximum atomic E-state index is 14.6. The van der Waals surface area contributed by atoms with Gasteiger partial charge in [0.1, 0.15) is 5.69 Å². The number of esters is 2. The Bertz CT molecular complexity index is 1740. The Morgan fingerprint density at radius 1 is 0.846 bits per heavy atom. The Morgan fingerprint density at radius 3 is 1.98 bits per heavy atom. The summed E-state index contributed by atoms with van der Waals surface area (Å²) in [5.74, 6) is -10.3. The molecule has 16 heteroatoms. The summed E-state index contributed by atoms with van der Waals surface area (Å²) in [6.07, 6.45) is -9.92. The minimum absolute atomic E-state index is 0.0574. The van der Waals surface area contributed by atoms with E-state index in [0.717, 1.165) is 12.8 Å². The highest BCUT2D eigenvalue weighted by molar-refractivity contribution is 6.01. The van der Waals surface area contributed by atoms with Crippen molar-refractivity contribution in [1.82, 2.24) is 19.7 Å². The third-order valence-corrected chi connectivity index (χ3v) is 9.46. The number of aromatic amines is 1. The molecule has 5 rings (SSSR count). The molecule has 2 aromatic carbocycles. The van der Waals surface area contributed by atoms with Crippen LogP contribution >= 0.6 is 0 Å². The summed E-state index contributed by atoms with van der Waals surface area (Å²) in [6, 6.07) is 13.0. The average molecular weight is 741 g/mol. The second-order valence-corrected chi connectivity index (χ2v) is 14.2. The highest BCUT2D eigenvalue weighted by atomic mass is 19.4. The number of ether oxygens (including phenoxy) is 2. The molecule has 52 heavy (non-hydrogen) atoms. The number of carbonyl (C=O) groups is 3. The van der Waals surface area contributed by atoms with E-state index >= 15 is 0 Å². The fraction of sp³-hybridized carbons (Fsp3) is 0.528. The Balaban J connectivity index is 1.55. The lowest BCUT2D eigenvalue weighted by atomic mass is 9.84. The van der Waals surface area contributed by atoms with Crippen molar-refractivity contribution >= 4 is 28.7 Å². The van der Waals surface area contributed by atoms with Crippen molar-refractivity contribution in [2.24, 2.45) is 0 Å². The predicted octanol–water partition coefficient (Wildman–Crippen LogP) is 5.95. The molecule has 0 atom stereocenters. The van der Waals surface area contributed by atoms with Crippen molar-refractivity contribution in [2.45, 2.75) is 83.3 Å². The summed E-state index contributed by atoms with van der Waals surface area (Å²) in [5.41, 5.74) is 2.86. The van der Waals surface area contributed by atoms with Crippen LogP contribution in [0.3, 0.4) is 0 Å². The van der Waals surface area contributed by atoms with E-state index in [9.17, 15) is 45.8 Å². The monoisotopic (exact) mass is 740 g/mol. The number of H-pyrrole nitrogens is 1. The molecule has 2 saturated heterocycles. The van der Waals surface area contributed by atoms with E-state index in [-0.39, 0.29) is 31.7 Å². The summed E-state index contributed by atoms with van der Waals surface area (Å²) in [4.78, 5) is 46.1. The minimum atomic E-state index is -5.74. The van der Waals surface area contributed by atoms with E-state index in [0.29, 0.717) is 40.4 Å². The number of piperidine rings is 1. The summed E-state index contributed by atoms with van der Waals surface area (Å²) in [6.45, 7) is 6.18. The number of para-hydroxylation sites is 1. The van der Waals surface area contributed by atoms with Gasteiger partial charge in [0.25, 0.3) is 5.91 Å². The molecular formula is C36H42F6N4O6. The zero-order valence-electron chi connectivity index (χ0n) is 29.3. The lowest BCUT2D eigenvalue weighted by Gasteiger charge is -2.42. The molecule has 284 valence electrons. The molecule has 2 aliphatic rings. The number of nitrogens with zero attached hydrogens (tertiary/aromatic N) is 3. The third-order valence-electron chi connectivity index (χ3n) is 9.46. The van der Waals surface area contributed by atoms with Crippen molar-refractivity contribution in [3.8, 4) is 0 Å². The first-order valence-corrected chi connectivity index (χ1v) is 16.9. The molecule has 10 nitrogen and oxygen atoms in total. The van der Waals surface area contributed by atoms with Gasteiger partial charge in [-0.1, -0.05) is 36.4 Å². The number of alkyl halides is 6. The second kappa shape index (κ2) is 14.7. The van der Waals surface area contributed by atoms with Crippen molar-refractivity contribution in [1.29, 1.82) is 0 Å². The number of hydrogen-bond donors (Lipinski definition) is 2. The summed E-state index contributed by atoms with van der Waals surface area (Å²) >= 11 is 0. The molecule has 3 aromatic rings. The van der Waals surface area contributed by atoms with Gasteiger partial charge in [0, 0.05) is 42.6 Å². The Kier molecular flexibility index (Phi) is 11.0. The lowest BCUT2D eigenvalue weighted by Crippen LogP contribution is -2.63. The second-order valence-electron chi connectivity index (χ2n) is 14.2. The van der Waals surface area contributed by atoms with Crippen LogP contribution in [0.4, 0.5) is 26.3 Å². The van der Waals surface area contributed by atoms with Crippen LogP contribution in [0.25, 0.3) is 10.9 Å². The van der Waals surface area contributed by atoms with Gasteiger partial charge in [-0.2, -0.15) is 26.3 Å². The first-order valence-electron chi connectivity index (χ1n) is 16.9. The maximum absolute atomic E-state index is 14.6. The van der Waals surface area contributed by atoms with Gasteiger partial charge in [0.15, 0.2) is 0 Å². The number of nitrogens with one attached hydrogen (secondary N) is 1. The van der Waals surface area contributed by atoms with Crippen molar-refractivity contribution in [2.75, 3.05) is 39.3 Å². The minimum Gasteiger partial charge on any atom is -0.395 e. The van der Waals surface area contributed by atoms with E-state index in [1.54, 1.807) is 24.3 Å². The number of β-amino-alcohol motifs (C(OH)–C–C–N with tert-alkyl or cyclic N) is 1. The smallest absolute Gasteiger partial charge is 0.395 e. The van der Waals surface area contributed by atoms with E-state index in [1.165, 1.54) is 35.4 Å². The molecule has 3 heterocycles. The van der Waals surface area contributed by atoms with Gasteiger partial charge in [-0.25, -0.2) is 9.59 Å². The fourth-order valence-electron chi connectivity index (χ4n) is 7.37. The number of aromatic nitrogens is 1. The number of fused-ring (bicyclic) bond motifs is 1.